The van der Waals surface area contributed by atoms with E-state index >= 15 is 0 Å². The topological polar surface area (TPSA) is 151 Å². The van der Waals surface area contributed by atoms with E-state index in [-0.39, 0.29) is 17.0 Å². The van der Waals surface area contributed by atoms with E-state index < -0.39 is 47.5 Å². The molecule has 2 aromatic rings. The Balaban J connectivity index is 1.57. The third-order valence-electron chi connectivity index (χ3n) is 6.10. The summed E-state index contributed by atoms with van der Waals surface area (Å²) in [6.45, 7) is 10.8. The highest BCUT2D eigenvalue weighted by Crippen LogP contribution is 2.14. The third kappa shape index (κ3) is 7.98. The Morgan fingerprint density at radius 2 is 1.39 bits per heavy atom. The minimum atomic E-state index is -0.961. The Labute approximate surface area is 237 Å². The molecule has 2 atom stereocenters. The molecule has 0 unspecified atom stereocenters. The van der Waals surface area contributed by atoms with Crippen molar-refractivity contribution in [3.05, 3.63) is 89.7 Å². The summed E-state index contributed by atoms with van der Waals surface area (Å²) in [7, 11) is 0. The van der Waals surface area contributed by atoms with E-state index in [9.17, 15) is 28.8 Å². The summed E-state index contributed by atoms with van der Waals surface area (Å²) in [5.41, 5.74) is 1.64. The Kier molecular flexibility index (Phi) is 9.91. The maximum Gasteiger partial charge on any atom is 0.267 e. The molecule has 2 aromatic carbocycles. The van der Waals surface area contributed by atoms with Crippen molar-refractivity contribution >= 4 is 41.1 Å². The summed E-state index contributed by atoms with van der Waals surface area (Å²) in [5.74, 6) is -3.57. The first-order valence-electron chi connectivity index (χ1n) is 12.9. The van der Waals surface area contributed by atoms with Gasteiger partial charge < -0.3 is 20.7 Å². The van der Waals surface area contributed by atoms with Gasteiger partial charge in [0.15, 0.2) is 0 Å². The van der Waals surface area contributed by atoms with Crippen LogP contribution in [0, 0.1) is 5.92 Å². The van der Waals surface area contributed by atoms with Crippen LogP contribution in [0.3, 0.4) is 0 Å². The standard InChI is InChI=1S/C30H32N4O7/c1-17(2)26(29(39)31-19(5)27(37)32-23-12-6-20(7-13-23)16-41-18(3)4)33-28(38)21-8-10-22(11-9-21)30(40)34-24(35)14-15-25(34)36/h6-15,17,19,26H,3,16H2,1-2,4-5H3,(H,31,39)(H,32,37)(H,33,38)/t19-,26-/m0/s1. The Morgan fingerprint density at radius 1 is 0.829 bits per heavy atom. The Hall–Kier alpha value is -5.06. The number of hydrogen-bond acceptors (Lipinski definition) is 7. The van der Waals surface area contributed by atoms with Crippen LogP contribution < -0.4 is 16.0 Å². The van der Waals surface area contributed by atoms with Gasteiger partial charge in [0.05, 0.1) is 5.76 Å². The van der Waals surface area contributed by atoms with Crippen molar-refractivity contribution in [1.82, 2.24) is 15.5 Å². The SMILES string of the molecule is C=C(C)OCc1ccc(NC(=O)[C@H](C)NC(=O)[C@@H](NC(=O)c2ccc(C(=O)N3C(=O)C=CC3=O)cc2)C(C)C)cc1. The second-order valence-electron chi connectivity index (χ2n) is 9.83. The zero-order chi connectivity index (χ0) is 30.3. The number of allylic oxidation sites excluding steroid dienone is 1. The average molecular weight is 561 g/mol. The van der Waals surface area contributed by atoms with E-state index in [4.69, 9.17) is 4.74 Å². The number of benzene rings is 2. The van der Waals surface area contributed by atoms with Gasteiger partial charge in [-0.25, -0.2) is 4.90 Å². The van der Waals surface area contributed by atoms with Crippen LogP contribution in [0.2, 0.25) is 0 Å². The Morgan fingerprint density at radius 3 is 1.93 bits per heavy atom. The van der Waals surface area contributed by atoms with Gasteiger partial charge in [-0.05, 0) is 61.7 Å². The summed E-state index contributed by atoms with van der Waals surface area (Å²) in [6.07, 6.45) is 2.01. The summed E-state index contributed by atoms with van der Waals surface area (Å²) >= 11 is 0. The van der Waals surface area contributed by atoms with Crippen molar-refractivity contribution in [2.75, 3.05) is 5.32 Å². The maximum absolute atomic E-state index is 13.0. The van der Waals surface area contributed by atoms with Crippen LogP contribution in [-0.4, -0.2) is 52.4 Å². The van der Waals surface area contributed by atoms with Crippen molar-refractivity contribution in [2.45, 2.75) is 46.4 Å². The molecule has 3 N–H and O–H groups in total. The van der Waals surface area contributed by atoms with Gasteiger partial charge in [0.1, 0.15) is 18.7 Å². The largest absolute Gasteiger partial charge is 0.494 e. The maximum atomic E-state index is 13.0. The van der Waals surface area contributed by atoms with E-state index in [1.165, 1.54) is 31.2 Å². The fourth-order valence-electron chi connectivity index (χ4n) is 3.76. The van der Waals surface area contributed by atoms with E-state index in [0.717, 1.165) is 17.7 Å². The number of amides is 6. The second kappa shape index (κ2) is 13.3. The highest BCUT2D eigenvalue weighted by atomic mass is 16.5. The van der Waals surface area contributed by atoms with Gasteiger partial charge in [-0.15, -0.1) is 0 Å². The lowest BCUT2D eigenvalue weighted by atomic mass is 10.0. The van der Waals surface area contributed by atoms with Gasteiger partial charge in [-0.1, -0.05) is 32.6 Å². The van der Waals surface area contributed by atoms with Crippen molar-refractivity contribution in [1.29, 1.82) is 0 Å². The highest BCUT2D eigenvalue weighted by molar-refractivity contribution is 6.25. The molecule has 1 aliphatic heterocycles. The normalized spacial score (nSPS) is 13.9. The lowest BCUT2D eigenvalue weighted by Crippen LogP contribution is -2.53. The molecule has 214 valence electrons. The van der Waals surface area contributed by atoms with Crippen molar-refractivity contribution in [3.8, 4) is 0 Å². The smallest absolute Gasteiger partial charge is 0.267 e. The van der Waals surface area contributed by atoms with Crippen LogP contribution in [0.4, 0.5) is 5.69 Å². The molecule has 3 rings (SSSR count). The summed E-state index contributed by atoms with van der Waals surface area (Å²) in [6, 6.07) is 10.5. The zero-order valence-corrected chi connectivity index (χ0v) is 23.2. The van der Waals surface area contributed by atoms with Crippen LogP contribution in [0.25, 0.3) is 0 Å². The number of carbonyl (C=O) groups is 6. The number of nitrogens with zero attached hydrogens (tertiary/aromatic N) is 1. The molecular weight excluding hydrogens is 528 g/mol. The lowest BCUT2D eigenvalue weighted by molar-refractivity contribution is -0.133. The molecular formula is C30H32N4O7. The first-order chi connectivity index (χ1) is 19.4. The summed E-state index contributed by atoms with van der Waals surface area (Å²) < 4.78 is 5.37. The quantitative estimate of drug-likeness (QED) is 0.282. The molecule has 11 heteroatoms. The predicted octanol–water partition coefficient (Wildman–Crippen LogP) is 2.70. The van der Waals surface area contributed by atoms with Gasteiger partial charge in [0, 0.05) is 29.0 Å². The monoisotopic (exact) mass is 560 g/mol. The van der Waals surface area contributed by atoms with Crippen molar-refractivity contribution < 1.29 is 33.5 Å². The van der Waals surface area contributed by atoms with Crippen LogP contribution in [0.1, 0.15) is 54.0 Å². The van der Waals surface area contributed by atoms with Gasteiger partial charge in [-0.3, -0.25) is 28.8 Å². The zero-order valence-electron chi connectivity index (χ0n) is 23.2. The summed E-state index contributed by atoms with van der Waals surface area (Å²) in [4.78, 5) is 75.0. The van der Waals surface area contributed by atoms with Gasteiger partial charge in [-0.2, -0.15) is 0 Å². The molecule has 0 radical (unpaired) electrons. The van der Waals surface area contributed by atoms with Crippen molar-refractivity contribution in [2.24, 2.45) is 5.92 Å². The fourth-order valence-corrected chi connectivity index (χ4v) is 3.76. The van der Waals surface area contributed by atoms with Crippen LogP contribution in [0.15, 0.2) is 73.0 Å². The van der Waals surface area contributed by atoms with Gasteiger partial charge in [0.2, 0.25) is 11.8 Å². The number of imide groups is 3. The highest BCUT2D eigenvalue weighted by Gasteiger charge is 2.31. The molecule has 0 bridgehead atoms. The number of rotatable bonds is 11. The number of anilines is 1. The molecule has 0 spiro atoms. The third-order valence-corrected chi connectivity index (χ3v) is 6.10. The molecule has 11 nitrogen and oxygen atoms in total. The lowest BCUT2D eigenvalue weighted by Gasteiger charge is -2.24. The predicted molar refractivity (Wildman–Crippen MR) is 150 cm³/mol. The molecule has 1 aliphatic rings. The summed E-state index contributed by atoms with van der Waals surface area (Å²) in [5, 5.41) is 8.02. The van der Waals surface area contributed by atoms with Gasteiger partial charge in [0.25, 0.3) is 23.6 Å². The van der Waals surface area contributed by atoms with E-state index in [0.29, 0.717) is 23.0 Å². The fraction of sp³-hybridized carbons (Fsp3) is 0.267. The number of ether oxygens (including phenoxy) is 1. The minimum Gasteiger partial charge on any atom is -0.494 e. The second-order valence-corrected chi connectivity index (χ2v) is 9.83. The molecule has 0 saturated carbocycles. The minimum absolute atomic E-state index is 0.0415. The van der Waals surface area contributed by atoms with E-state index in [2.05, 4.69) is 22.5 Å². The molecule has 6 amide bonds. The van der Waals surface area contributed by atoms with E-state index in [1.54, 1.807) is 45.0 Å². The van der Waals surface area contributed by atoms with E-state index in [1.807, 2.05) is 0 Å². The number of carbonyl (C=O) groups excluding carboxylic acids is 6. The first-order valence-corrected chi connectivity index (χ1v) is 12.9. The molecule has 1 heterocycles. The van der Waals surface area contributed by atoms with Crippen molar-refractivity contribution in [3.63, 3.8) is 0 Å². The molecule has 0 aliphatic carbocycles. The number of nitrogens with one attached hydrogen (secondary N) is 3. The Bertz CT molecular complexity index is 1380. The van der Waals surface area contributed by atoms with Crippen LogP contribution in [-0.2, 0) is 30.5 Å². The van der Waals surface area contributed by atoms with Crippen LogP contribution in [0.5, 0.6) is 0 Å². The average Bonchev–Trinajstić information content (AvgIpc) is 3.27. The first kappa shape index (κ1) is 30.5. The number of hydrogen-bond donors (Lipinski definition) is 3. The molecule has 0 saturated heterocycles. The molecule has 41 heavy (non-hydrogen) atoms. The molecule has 0 fully saturated rings. The van der Waals surface area contributed by atoms with Gasteiger partial charge >= 0.3 is 0 Å². The van der Waals surface area contributed by atoms with Crippen LogP contribution >= 0.6 is 0 Å². The molecule has 0 aromatic heterocycles.